The van der Waals surface area contributed by atoms with Gasteiger partial charge in [-0.3, -0.25) is 4.79 Å². The second-order valence-electron chi connectivity index (χ2n) is 4.32. The van der Waals surface area contributed by atoms with Crippen molar-refractivity contribution in [3.05, 3.63) is 52.8 Å². The number of sulfonamides is 1. The first-order chi connectivity index (χ1) is 9.79. The van der Waals surface area contributed by atoms with Gasteiger partial charge >= 0.3 is 0 Å². The predicted octanol–water partition coefficient (Wildman–Crippen LogP) is 1.94. The maximum absolute atomic E-state index is 12.1. The molecule has 0 bridgehead atoms. The summed E-state index contributed by atoms with van der Waals surface area (Å²) in [6.45, 7) is 1.61. The third-order valence-electron chi connectivity index (χ3n) is 2.76. The fourth-order valence-corrected chi connectivity index (χ4v) is 2.75. The van der Waals surface area contributed by atoms with Gasteiger partial charge in [-0.15, -0.1) is 0 Å². The molecule has 0 fully saturated rings. The van der Waals surface area contributed by atoms with Crippen molar-refractivity contribution in [1.29, 1.82) is 0 Å². The highest BCUT2D eigenvalue weighted by atomic mass is 35.5. The molecule has 0 aliphatic heterocycles. The van der Waals surface area contributed by atoms with Gasteiger partial charge in [0.05, 0.1) is 10.5 Å². The van der Waals surface area contributed by atoms with Gasteiger partial charge in [-0.25, -0.2) is 18.5 Å². The molecule has 0 atom stereocenters. The first-order valence-electron chi connectivity index (χ1n) is 5.84. The molecular formula is C13H12ClN3O3S. The van der Waals surface area contributed by atoms with Crippen LogP contribution in [0.3, 0.4) is 0 Å². The standard InChI is InChI=1S/C13H12ClN3O3S/c1-8-4-5-9(7-11(8)21(15,19)20)17-13(18)10-3-2-6-16-12(10)14/h2-7H,1H3,(H,17,18)(H2,15,19,20). The number of amides is 1. The van der Waals surface area contributed by atoms with Gasteiger partial charge in [-0.05, 0) is 36.8 Å². The molecule has 0 radical (unpaired) electrons. The third-order valence-corrected chi connectivity index (χ3v) is 4.11. The Bertz CT molecular complexity index is 806. The Kier molecular flexibility index (Phi) is 4.26. The van der Waals surface area contributed by atoms with E-state index in [-0.39, 0.29) is 15.6 Å². The monoisotopic (exact) mass is 325 g/mol. The summed E-state index contributed by atoms with van der Waals surface area (Å²) < 4.78 is 22.9. The molecule has 8 heteroatoms. The van der Waals surface area contributed by atoms with Gasteiger partial charge in [0, 0.05) is 11.9 Å². The van der Waals surface area contributed by atoms with E-state index in [1.54, 1.807) is 25.1 Å². The lowest BCUT2D eigenvalue weighted by molar-refractivity contribution is 0.102. The Labute approximate surface area is 127 Å². The summed E-state index contributed by atoms with van der Waals surface area (Å²) in [5.74, 6) is -0.489. The number of pyridine rings is 1. The molecule has 110 valence electrons. The Morgan fingerprint density at radius 1 is 1.33 bits per heavy atom. The first kappa shape index (κ1) is 15.4. The van der Waals surface area contributed by atoms with Crippen molar-refractivity contribution < 1.29 is 13.2 Å². The summed E-state index contributed by atoms with van der Waals surface area (Å²) in [6, 6.07) is 7.52. The number of carbonyl (C=O) groups excluding carboxylic acids is 1. The van der Waals surface area contributed by atoms with Gasteiger partial charge in [-0.2, -0.15) is 0 Å². The van der Waals surface area contributed by atoms with E-state index in [4.69, 9.17) is 16.7 Å². The van der Waals surface area contributed by atoms with Crippen LogP contribution in [0.5, 0.6) is 0 Å². The minimum absolute atomic E-state index is 0.0439. The van der Waals surface area contributed by atoms with Crippen LogP contribution >= 0.6 is 11.6 Å². The Hall–Kier alpha value is -1.96. The second-order valence-corrected chi connectivity index (χ2v) is 6.21. The molecular weight excluding hydrogens is 314 g/mol. The van der Waals surface area contributed by atoms with Gasteiger partial charge in [0.2, 0.25) is 10.0 Å². The van der Waals surface area contributed by atoms with Gasteiger partial charge in [0.25, 0.3) is 5.91 Å². The van der Waals surface area contributed by atoms with Crippen LogP contribution in [0, 0.1) is 6.92 Å². The van der Waals surface area contributed by atoms with Gasteiger partial charge in [0.15, 0.2) is 0 Å². The molecule has 21 heavy (non-hydrogen) atoms. The number of benzene rings is 1. The molecule has 0 spiro atoms. The summed E-state index contributed by atoms with van der Waals surface area (Å²) >= 11 is 5.83. The molecule has 0 saturated carbocycles. The lowest BCUT2D eigenvalue weighted by Gasteiger charge is -2.09. The molecule has 6 nitrogen and oxygen atoms in total. The number of nitrogens with zero attached hydrogens (tertiary/aromatic N) is 1. The highest BCUT2D eigenvalue weighted by molar-refractivity contribution is 7.89. The van der Waals surface area contributed by atoms with E-state index in [1.165, 1.54) is 18.3 Å². The van der Waals surface area contributed by atoms with E-state index in [9.17, 15) is 13.2 Å². The fourth-order valence-electron chi connectivity index (χ4n) is 1.74. The zero-order valence-corrected chi connectivity index (χ0v) is 12.6. The van der Waals surface area contributed by atoms with E-state index in [2.05, 4.69) is 10.3 Å². The Balaban J connectivity index is 2.33. The minimum Gasteiger partial charge on any atom is -0.322 e. The average Bonchev–Trinajstić information content (AvgIpc) is 2.40. The quantitative estimate of drug-likeness (QED) is 0.842. The van der Waals surface area contributed by atoms with E-state index < -0.39 is 15.9 Å². The number of hydrogen-bond acceptors (Lipinski definition) is 4. The molecule has 0 unspecified atom stereocenters. The second kappa shape index (κ2) is 5.80. The van der Waals surface area contributed by atoms with Crippen molar-refractivity contribution in [3.8, 4) is 0 Å². The van der Waals surface area contributed by atoms with Crippen LogP contribution in [0.25, 0.3) is 0 Å². The number of nitrogens with two attached hydrogens (primary N) is 1. The highest BCUT2D eigenvalue weighted by Crippen LogP contribution is 2.20. The summed E-state index contributed by atoms with van der Waals surface area (Å²) in [4.78, 5) is 15.8. The molecule has 0 aliphatic carbocycles. The number of nitrogens with one attached hydrogen (secondary N) is 1. The maximum atomic E-state index is 12.1. The normalized spacial score (nSPS) is 11.2. The fraction of sp³-hybridized carbons (Fsp3) is 0.0769. The molecule has 1 aromatic carbocycles. The van der Waals surface area contributed by atoms with E-state index in [1.807, 2.05) is 0 Å². The van der Waals surface area contributed by atoms with Crippen LogP contribution in [-0.4, -0.2) is 19.3 Å². The van der Waals surface area contributed by atoms with Crippen molar-refractivity contribution >= 4 is 33.2 Å². The molecule has 0 saturated heterocycles. The Morgan fingerprint density at radius 2 is 2.05 bits per heavy atom. The van der Waals surface area contributed by atoms with Crippen molar-refractivity contribution in [2.75, 3.05) is 5.32 Å². The minimum atomic E-state index is -3.85. The van der Waals surface area contributed by atoms with Gasteiger partial charge in [0.1, 0.15) is 5.15 Å². The van der Waals surface area contributed by atoms with Crippen LogP contribution < -0.4 is 10.5 Å². The number of halogens is 1. The molecule has 2 rings (SSSR count). The number of primary sulfonamides is 1. The van der Waals surface area contributed by atoms with Crippen LogP contribution in [0.15, 0.2) is 41.4 Å². The zero-order valence-electron chi connectivity index (χ0n) is 11.0. The first-order valence-corrected chi connectivity index (χ1v) is 7.77. The summed E-state index contributed by atoms with van der Waals surface area (Å²) in [5, 5.41) is 7.74. The molecule has 3 N–H and O–H groups in total. The van der Waals surface area contributed by atoms with Crippen LogP contribution in [-0.2, 0) is 10.0 Å². The number of aromatic nitrogens is 1. The molecule has 1 amide bonds. The molecule has 0 aliphatic rings. The van der Waals surface area contributed by atoms with E-state index in [0.29, 0.717) is 11.3 Å². The molecule has 1 aromatic heterocycles. The van der Waals surface area contributed by atoms with Crippen LogP contribution in [0.2, 0.25) is 5.15 Å². The average molecular weight is 326 g/mol. The van der Waals surface area contributed by atoms with Crippen molar-refractivity contribution in [2.24, 2.45) is 5.14 Å². The lowest BCUT2D eigenvalue weighted by Crippen LogP contribution is -2.16. The van der Waals surface area contributed by atoms with E-state index >= 15 is 0 Å². The Morgan fingerprint density at radius 3 is 2.67 bits per heavy atom. The summed E-state index contributed by atoms with van der Waals surface area (Å²) in [7, 11) is -3.85. The largest absolute Gasteiger partial charge is 0.322 e. The van der Waals surface area contributed by atoms with Crippen molar-refractivity contribution in [1.82, 2.24) is 4.98 Å². The summed E-state index contributed by atoms with van der Waals surface area (Å²) in [5.41, 5.74) is 0.987. The number of rotatable bonds is 3. The predicted molar refractivity (Wildman–Crippen MR) is 79.8 cm³/mol. The van der Waals surface area contributed by atoms with Crippen molar-refractivity contribution in [2.45, 2.75) is 11.8 Å². The number of hydrogen-bond donors (Lipinski definition) is 2. The van der Waals surface area contributed by atoms with Crippen LogP contribution in [0.1, 0.15) is 15.9 Å². The SMILES string of the molecule is Cc1ccc(NC(=O)c2cccnc2Cl)cc1S(N)(=O)=O. The topological polar surface area (TPSA) is 102 Å². The van der Waals surface area contributed by atoms with Crippen molar-refractivity contribution in [3.63, 3.8) is 0 Å². The number of carbonyl (C=O) groups is 1. The smallest absolute Gasteiger partial charge is 0.258 e. The van der Waals surface area contributed by atoms with Gasteiger partial charge < -0.3 is 5.32 Å². The summed E-state index contributed by atoms with van der Waals surface area (Å²) in [6.07, 6.45) is 1.46. The molecule has 1 heterocycles. The van der Waals surface area contributed by atoms with E-state index in [0.717, 1.165) is 0 Å². The third kappa shape index (κ3) is 3.57. The van der Waals surface area contributed by atoms with Crippen LogP contribution in [0.4, 0.5) is 5.69 Å². The number of anilines is 1. The highest BCUT2D eigenvalue weighted by Gasteiger charge is 2.15. The zero-order chi connectivity index (χ0) is 15.6. The lowest BCUT2D eigenvalue weighted by atomic mass is 10.2. The maximum Gasteiger partial charge on any atom is 0.258 e. The molecule has 2 aromatic rings. The number of aryl methyl sites for hydroxylation is 1. The van der Waals surface area contributed by atoms with Gasteiger partial charge in [-0.1, -0.05) is 17.7 Å².